The molecule has 1 heterocycles. The highest BCUT2D eigenvalue weighted by Crippen LogP contribution is 2.11. The lowest BCUT2D eigenvalue weighted by Crippen LogP contribution is -2.36. The molecule has 5 heteroatoms. The van der Waals surface area contributed by atoms with Gasteiger partial charge in [-0.25, -0.2) is 4.98 Å². The zero-order chi connectivity index (χ0) is 13.8. The summed E-state index contributed by atoms with van der Waals surface area (Å²) in [6, 6.07) is 0.242. The van der Waals surface area contributed by atoms with E-state index < -0.39 is 0 Å². The minimum atomic E-state index is -0.224. The van der Waals surface area contributed by atoms with Gasteiger partial charge in [-0.15, -0.1) is 0 Å². The van der Waals surface area contributed by atoms with Crippen LogP contribution in [0.3, 0.4) is 0 Å². The fraction of sp³-hybridized carbons (Fsp3) is 0.692. The molecule has 1 atom stereocenters. The molecule has 1 aromatic heterocycles. The quantitative estimate of drug-likeness (QED) is 0.892. The van der Waals surface area contributed by atoms with E-state index in [1.54, 1.807) is 17.0 Å². The molecule has 0 aromatic carbocycles. The normalized spacial score (nSPS) is 13.4. The smallest absolute Gasteiger partial charge is 0.293 e. The Morgan fingerprint density at radius 1 is 1.50 bits per heavy atom. The molecule has 0 radical (unpaired) electrons. The summed E-state index contributed by atoms with van der Waals surface area (Å²) in [7, 11) is 0. The van der Waals surface area contributed by atoms with Gasteiger partial charge < -0.3 is 9.88 Å². The topological polar surface area (TPSA) is 46.9 Å². The van der Waals surface area contributed by atoms with Gasteiger partial charge in [0.15, 0.2) is 5.82 Å². The maximum atomic E-state index is 12.3. The van der Waals surface area contributed by atoms with Crippen molar-refractivity contribution in [3.05, 3.63) is 22.7 Å². The molecule has 1 aromatic rings. The summed E-state index contributed by atoms with van der Waals surface area (Å²) >= 11 is 1.85. The van der Waals surface area contributed by atoms with Crippen molar-refractivity contribution in [3.8, 4) is 0 Å². The number of nitrogens with one attached hydrogen (secondary N) is 1. The number of hydrogen-bond donors (Lipinski definition) is 1. The average molecular weight is 269 g/mol. The Morgan fingerprint density at radius 2 is 2.17 bits per heavy atom. The van der Waals surface area contributed by atoms with Gasteiger partial charge in [0.25, 0.3) is 5.56 Å². The van der Waals surface area contributed by atoms with Crippen molar-refractivity contribution >= 4 is 17.6 Å². The molecule has 0 amide bonds. The van der Waals surface area contributed by atoms with Gasteiger partial charge in [-0.1, -0.05) is 6.92 Å². The Hall–Kier alpha value is -0.970. The number of aromatic nitrogens is 2. The molecule has 1 rings (SSSR count). The molecule has 0 aliphatic heterocycles. The SMILES string of the molecule is CCSCC(C)Nc1nccn(C(C)(C)C)c1=O. The highest BCUT2D eigenvalue weighted by molar-refractivity contribution is 7.99. The summed E-state index contributed by atoms with van der Waals surface area (Å²) in [6.45, 7) is 10.2. The van der Waals surface area contributed by atoms with Gasteiger partial charge in [-0.05, 0) is 33.4 Å². The Kier molecular flexibility index (Phi) is 5.26. The summed E-state index contributed by atoms with van der Waals surface area (Å²) in [5.41, 5.74) is -0.281. The van der Waals surface area contributed by atoms with E-state index in [1.165, 1.54) is 0 Å². The minimum Gasteiger partial charge on any atom is -0.362 e. The third kappa shape index (κ3) is 4.05. The van der Waals surface area contributed by atoms with Gasteiger partial charge in [0.05, 0.1) is 0 Å². The van der Waals surface area contributed by atoms with Crippen LogP contribution >= 0.6 is 11.8 Å². The zero-order valence-corrected chi connectivity index (χ0v) is 12.7. The predicted octanol–water partition coefficient (Wildman–Crippen LogP) is 2.55. The largest absolute Gasteiger partial charge is 0.362 e. The monoisotopic (exact) mass is 269 g/mol. The van der Waals surface area contributed by atoms with Crippen LogP contribution in [-0.4, -0.2) is 27.1 Å². The van der Waals surface area contributed by atoms with E-state index in [9.17, 15) is 4.79 Å². The maximum Gasteiger partial charge on any atom is 0.293 e. The van der Waals surface area contributed by atoms with Crippen molar-refractivity contribution < 1.29 is 0 Å². The first-order valence-electron chi connectivity index (χ1n) is 6.28. The number of anilines is 1. The van der Waals surface area contributed by atoms with E-state index in [0.717, 1.165) is 11.5 Å². The van der Waals surface area contributed by atoms with Crippen LogP contribution in [0.15, 0.2) is 17.2 Å². The van der Waals surface area contributed by atoms with Gasteiger partial charge in [0.1, 0.15) is 0 Å². The summed E-state index contributed by atoms with van der Waals surface area (Å²) in [5.74, 6) is 2.50. The molecular formula is C13H23N3OS. The first-order valence-corrected chi connectivity index (χ1v) is 7.44. The van der Waals surface area contributed by atoms with Crippen LogP contribution < -0.4 is 10.9 Å². The van der Waals surface area contributed by atoms with Crippen LogP contribution in [0.25, 0.3) is 0 Å². The molecule has 0 aliphatic rings. The highest BCUT2D eigenvalue weighted by atomic mass is 32.2. The number of nitrogens with zero attached hydrogens (tertiary/aromatic N) is 2. The molecule has 1 N–H and O–H groups in total. The lowest BCUT2D eigenvalue weighted by atomic mass is 10.1. The van der Waals surface area contributed by atoms with Crippen molar-refractivity contribution in [1.29, 1.82) is 0 Å². The second-order valence-corrected chi connectivity index (χ2v) is 6.65. The van der Waals surface area contributed by atoms with E-state index in [2.05, 4.69) is 24.1 Å². The molecule has 0 saturated carbocycles. The molecule has 0 aliphatic carbocycles. The Balaban J connectivity index is 2.88. The summed E-state index contributed by atoms with van der Waals surface area (Å²) in [5, 5.41) is 3.19. The number of thioether (sulfide) groups is 1. The number of hydrogen-bond acceptors (Lipinski definition) is 4. The van der Waals surface area contributed by atoms with Crippen molar-refractivity contribution in [3.63, 3.8) is 0 Å². The van der Waals surface area contributed by atoms with Gasteiger partial charge in [0, 0.05) is 29.7 Å². The third-order valence-electron chi connectivity index (χ3n) is 2.52. The van der Waals surface area contributed by atoms with Crippen molar-refractivity contribution in [2.45, 2.75) is 46.2 Å². The second-order valence-electron chi connectivity index (χ2n) is 5.33. The fourth-order valence-corrected chi connectivity index (χ4v) is 2.28. The molecule has 1 unspecified atom stereocenters. The summed E-state index contributed by atoms with van der Waals surface area (Å²) < 4.78 is 1.71. The van der Waals surface area contributed by atoms with Gasteiger partial charge in [-0.2, -0.15) is 11.8 Å². The van der Waals surface area contributed by atoms with E-state index in [1.807, 2.05) is 32.5 Å². The molecule has 0 fully saturated rings. The molecule has 0 bridgehead atoms. The standard InChI is InChI=1S/C13H23N3OS/c1-6-18-9-10(2)15-11-12(17)16(8-7-14-11)13(3,4)5/h7-8,10H,6,9H2,1-5H3,(H,14,15). The van der Waals surface area contributed by atoms with E-state index in [-0.39, 0.29) is 17.1 Å². The third-order valence-corrected chi connectivity index (χ3v) is 3.66. The molecule has 0 saturated heterocycles. The van der Waals surface area contributed by atoms with E-state index in [0.29, 0.717) is 5.82 Å². The van der Waals surface area contributed by atoms with Crippen molar-refractivity contribution in [1.82, 2.24) is 9.55 Å². The Bertz CT molecular complexity index is 437. The molecule has 102 valence electrons. The molecular weight excluding hydrogens is 246 g/mol. The van der Waals surface area contributed by atoms with Crippen LogP contribution in [0.5, 0.6) is 0 Å². The van der Waals surface area contributed by atoms with E-state index in [4.69, 9.17) is 0 Å². The van der Waals surface area contributed by atoms with Crippen molar-refractivity contribution in [2.24, 2.45) is 0 Å². The fourth-order valence-electron chi connectivity index (χ4n) is 1.61. The van der Waals surface area contributed by atoms with Crippen LogP contribution in [0.4, 0.5) is 5.82 Å². The number of rotatable bonds is 5. The zero-order valence-electron chi connectivity index (χ0n) is 11.9. The lowest BCUT2D eigenvalue weighted by Gasteiger charge is -2.23. The molecule has 0 spiro atoms. The Labute approximate surface area is 113 Å². The van der Waals surface area contributed by atoms with Gasteiger partial charge in [-0.3, -0.25) is 4.79 Å². The predicted molar refractivity (Wildman–Crippen MR) is 79.6 cm³/mol. The van der Waals surface area contributed by atoms with Crippen LogP contribution in [0.1, 0.15) is 34.6 Å². The Morgan fingerprint density at radius 3 is 2.72 bits per heavy atom. The van der Waals surface area contributed by atoms with E-state index >= 15 is 0 Å². The first-order chi connectivity index (χ1) is 8.36. The van der Waals surface area contributed by atoms with Crippen LogP contribution in [0, 0.1) is 0 Å². The highest BCUT2D eigenvalue weighted by Gasteiger charge is 2.17. The van der Waals surface area contributed by atoms with Gasteiger partial charge >= 0.3 is 0 Å². The minimum absolute atomic E-state index is 0.0571. The molecule has 4 nitrogen and oxygen atoms in total. The first kappa shape index (κ1) is 15.1. The maximum absolute atomic E-state index is 12.3. The van der Waals surface area contributed by atoms with Crippen molar-refractivity contribution in [2.75, 3.05) is 16.8 Å². The molecule has 18 heavy (non-hydrogen) atoms. The van der Waals surface area contributed by atoms with Crippen LogP contribution in [-0.2, 0) is 5.54 Å². The van der Waals surface area contributed by atoms with Crippen LogP contribution in [0.2, 0.25) is 0 Å². The average Bonchev–Trinajstić information content (AvgIpc) is 2.27. The van der Waals surface area contributed by atoms with Gasteiger partial charge in [0.2, 0.25) is 0 Å². The summed E-state index contributed by atoms with van der Waals surface area (Å²) in [4.78, 5) is 16.4. The summed E-state index contributed by atoms with van der Waals surface area (Å²) in [6.07, 6.45) is 3.41. The second kappa shape index (κ2) is 6.27. The lowest BCUT2D eigenvalue weighted by molar-refractivity contribution is 0.383.